The Morgan fingerprint density at radius 2 is 2.21 bits per heavy atom. The lowest BCUT2D eigenvalue weighted by atomic mass is 10.2. The molecule has 0 radical (unpaired) electrons. The summed E-state index contributed by atoms with van der Waals surface area (Å²) < 4.78 is 1.98. The van der Waals surface area contributed by atoms with Crippen LogP contribution in [0.15, 0.2) is 36.8 Å². The molecule has 0 saturated heterocycles. The summed E-state index contributed by atoms with van der Waals surface area (Å²) in [4.78, 5) is 8.68. The standard InChI is InChI=1S/C11H9N3/c1-8-2-3-9-6-11-12-4-5-14(11)7-10(9)13-8/h2-7H,1H3. The zero-order valence-corrected chi connectivity index (χ0v) is 7.81. The Bertz CT molecular complexity index is 610. The molecular formula is C11H9N3. The molecule has 0 atom stereocenters. The maximum atomic E-state index is 4.46. The number of aromatic nitrogens is 3. The van der Waals surface area contributed by atoms with Crippen LogP contribution in [-0.2, 0) is 0 Å². The number of imidazole rings is 1. The molecule has 0 N–H and O–H groups in total. The lowest BCUT2D eigenvalue weighted by Gasteiger charge is -1.99. The van der Waals surface area contributed by atoms with E-state index in [1.807, 2.05) is 35.9 Å². The van der Waals surface area contributed by atoms with Gasteiger partial charge in [-0.1, -0.05) is 6.07 Å². The largest absolute Gasteiger partial charge is 0.305 e. The molecule has 0 saturated carbocycles. The molecule has 3 aromatic rings. The van der Waals surface area contributed by atoms with E-state index in [1.54, 1.807) is 6.20 Å². The first-order valence-corrected chi connectivity index (χ1v) is 4.53. The molecule has 0 amide bonds. The lowest BCUT2D eigenvalue weighted by Crippen LogP contribution is -1.88. The monoisotopic (exact) mass is 183 g/mol. The summed E-state index contributed by atoms with van der Waals surface area (Å²) in [5.74, 6) is 0. The number of nitrogens with zero attached hydrogens (tertiary/aromatic N) is 3. The quantitative estimate of drug-likeness (QED) is 0.534. The van der Waals surface area contributed by atoms with E-state index in [-0.39, 0.29) is 0 Å². The molecule has 0 spiro atoms. The van der Waals surface area contributed by atoms with E-state index < -0.39 is 0 Å². The van der Waals surface area contributed by atoms with Crippen LogP contribution >= 0.6 is 0 Å². The van der Waals surface area contributed by atoms with E-state index in [2.05, 4.69) is 16.0 Å². The summed E-state index contributed by atoms with van der Waals surface area (Å²) in [6, 6.07) is 6.13. The predicted molar refractivity (Wildman–Crippen MR) is 55.2 cm³/mol. The van der Waals surface area contributed by atoms with E-state index in [4.69, 9.17) is 0 Å². The van der Waals surface area contributed by atoms with Crippen molar-refractivity contribution in [2.45, 2.75) is 6.92 Å². The summed E-state index contributed by atoms with van der Waals surface area (Å²) in [5.41, 5.74) is 3.01. The fraction of sp³-hybridized carbons (Fsp3) is 0.0909. The predicted octanol–water partition coefficient (Wildman–Crippen LogP) is 2.19. The minimum absolute atomic E-state index is 0.961. The molecule has 3 rings (SSSR count). The average molecular weight is 183 g/mol. The summed E-state index contributed by atoms with van der Waals surface area (Å²) >= 11 is 0. The Morgan fingerprint density at radius 1 is 1.29 bits per heavy atom. The SMILES string of the molecule is Cc1ccc2cc3nccn3cc2n1. The van der Waals surface area contributed by atoms with Gasteiger partial charge >= 0.3 is 0 Å². The van der Waals surface area contributed by atoms with Gasteiger partial charge in [-0.05, 0) is 19.1 Å². The van der Waals surface area contributed by atoms with Crippen LogP contribution in [0.1, 0.15) is 5.69 Å². The summed E-state index contributed by atoms with van der Waals surface area (Å²) in [6.07, 6.45) is 5.73. The van der Waals surface area contributed by atoms with Crippen molar-refractivity contribution in [3.8, 4) is 0 Å². The normalized spacial score (nSPS) is 11.2. The van der Waals surface area contributed by atoms with Crippen LogP contribution in [0.5, 0.6) is 0 Å². The number of rotatable bonds is 0. The molecule has 3 nitrogen and oxygen atoms in total. The Labute approximate surface area is 81.0 Å². The van der Waals surface area contributed by atoms with E-state index in [1.165, 1.54) is 0 Å². The lowest BCUT2D eigenvalue weighted by molar-refractivity contribution is 1.17. The first-order chi connectivity index (χ1) is 6.83. The fourth-order valence-electron chi connectivity index (χ4n) is 1.63. The minimum atomic E-state index is 0.961. The molecule has 14 heavy (non-hydrogen) atoms. The Morgan fingerprint density at radius 3 is 3.14 bits per heavy atom. The maximum Gasteiger partial charge on any atom is 0.137 e. The van der Waals surface area contributed by atoms with Gasteiger partial charge in [-0.25, -0.2) is 4.98 Å². The average Bonchev–Trinajstić information content (AvgIpc) is 2.61. The topological polar surface area (TPSA) is 30.2 Å². The molecule has 0 aliphatic rings. The number of pyridine rings is 2. The minimum Gasteiger partial charge on any atom is -0.305 e. The van der Waals surface area contributed by atoms with Gasteiger partial charge in [-0.3, -0.25) is 4.98 Å². The van der Waals surface area contributed by atoms with Crippen LogP contribution in [0.4, 0.5) is 0 Å². The van der Waals surface area contributed by atoms with Crippen molar-refractivity contribution < 1.29 is 0 Å². The van der Waals surface area contributed by atoms with Gasteiger partial charge in [0.25, 0.3) is 0 Å². The highest BCUT2D eigenvalue weighted by atomic mass is 15.0. The van der Waals surface area contributed by atoms with Crippen LogP contribution in [0.25, 0.3) is 16.6 Å². The van der Waals surface area contributed by atoms with Gasteiger partial charge in [0.15, 0.2) is 0 Å². The van der Waals surface area contributed by atoms with Gasteiger partial charge in [0.05, 0.1) is 5.52 Å². The van der Waals surface area contributed by atoms with Gasteiger partial charge in [-0.2, -0.15) is 0 Å². The van der Waals surface area contributed by atoms with Crippen LogP contribution in [0.3, 0.4) is 0 Å². The van der Waals surface area contributed by atoms with Crippen LogP contribution < -0.4 is 0 Å². The van der Waals surface area contributed by atoms with Gasteiger partial charge in [-0.15, -0.1) is 0 Å². The van der Waals surface area contributed by atoms with E-state index >= 15 is 0 Å². The smallest absolute Gasteiger partial charge is 0.137 e. The number of fused-ring (bicyclic) bond motifs is 2. The third kappa shape index (κ3) is 0.988. The number of aryl methyl sites for hydroxylation is 1. The maximum absolute atomic E-state index is 4.46. The van der Waals surface area contributed by atoms with Crippen molar-refractivity contribution in [3.05, 3.63) is 42.5 Å². The van der Waals surface area contributed by atoms with Gasteiger partial charge < -0.3 is 4.40 Å². The second-order valence-electron chi connectivity index (χ2n) is 3.39. The van der Waals surface area contributed by atoms with Crippen LogP contribution in [0.2, 0.25) is 0 Å². The molecule has 0 unspecified atom stereocenters. The van der Waals surface area contributed by atoms with Gasteiger partial charge in [0, 0.05) is 29.7 Å². The first-order valence-electron chi connectivity index (χ1n) is 4.53. The first kappa shape index (κ1) is 7.50. The van der Waals surface area contributed by atoms with Crippen molar-refractivity contribution in [2.75, 3.05) is 0 Å². The second kappa shape index (κ2) is 2.54. The molecule has 3 aromatic heterocycles. The summed E-state index contributed by atoms with van der Waals surface area (Å²) in [7, 11) is 0. The molecule has 0 aliphatic carbocycles. The van der Waals surface area contributed by atoms with Crippen molar-refractivity contribution >= 4 is 16.6 Å². The molecular weight excluding hydrogens is 174 g/mol. The number of hydrogen-bond donors (Lipinski definition) is 0. The summed E-state index contributed by atoms with van der Waals surface area (Å²) in [5, 5.41) is 1.13. The van der Waals surface area contributed by atoms with E-state index in [9.17, 15) is 0 Å². The zero-order valence-electron chi connectivity index (χ0n) is 7.81. The molecule has 0 aromatic carbocycles. The van der Waals surface area contributed by atoms with Crippen LogP contribution in [0, 0.1) is 6.92 Å². The van der Waals surface area contributed by atoms with E-state index in [0.717, 1.165) is 22.2 Å². The molecule has 0 bridgehead atoms. The number of hydrogen-bond acceptors (Lipinski definition) is 2. The highest BCUT2D eigenvalue weighted by Gasteiger charge is 1.98. The molecule has 3 heteroatoms. The highest BCUT2D eigenvalue weighted by molar-refractivity contribution is 5.81. The van der Waals surface area contributed by atoms with Crippen molar-refractivity contribution in [3.63, 3.8) is 0 Å². The van der Waals surface area contributed by atoms with Gasteiger partial charge in [0.1, 0.15) is 5.65 Å². The summed E-state index contributed by atoms with van der Waals surface area (Å²) in [6.45, 7) is 2.00. The Hall–Kier alpha value is -1.90. The zero-order chi connectivity index (χ0) is 9.54. The molecule has 0 fully saturated rings. The van der Waals surface area contributed by atoms with Crippen molar-refractivity contribution in [2.24, 2.45) is 0 Å². The Balaban J connectivity index is 2.50. The third-order valence-corrected chi connectivity index (χ3v) is 2.34. The Kier molecular flexibility index (Phi) is 1.36. The van der Waals surface area contributed by atoms with Gasteiger partial charge in [0.2, 0.25) is 0 Å². The fourth-order valence-corrected chi connectivity index (χ4v) is 1.63. The second-order valence-corrected chi connectivity index (χ2v) is 3.39. The highest BCUT2D eigenvalue weighted by Crippen LogP contribution is 2.14. The van der Waals surface area contributed by atoms with E-state index in [0.29, 0.717) is 0 Å². The van der Waals surface area contributed by atoms with Crippen molar-refractivity contribution in [1.29, 1.82) is 0 Å². The third-order valence-electron chi connectivity index (χ3n) is 2.34. The molecule has 0 aliphatic heterocycles. The van der Waals surface area contributed by atoms with Crippen molar-refractivity contribution in [1.82, 2.24) is 14.4 Å². The molecule has 3 heterocycles. The molecule has 68 valence electrons. The van der Waals surface area contributed by atoms with Crippen LogP contribution in [-0.4, -0.2) is 14.4 Å².